The number of hydrogen-bond donors (Lipinski definition) is 1. The van der Waals surface area contributed by atoms with E-state index in [4.69, 9.17) is 4.74 Å². The van der Waals surface area contributed by atoms with Crippen LogP contribution >= 0.6 is 0 Å². The number of carbonyl (C=O) groups excluding carboxylic acids is 1. The summed E-state index contributed by atoms with van der Waals surface area (Å²) in [4.78, 5) is 25.4. The van der Waals surface area contributed by atoms with Crippen molar-refractivity contribution in [3.8, 4) is 5.75 Å². The van der Waals surface area contributed by atoms with Crippen LogP contribution in [0.1, 0.15) is 30.1 Å². The maximum atomic E-state index is 12.5. The maximum absolute atomic E-state index is 12.5. The van der Waals surface area contributed by atoms with Crippen molar-refractivity contribution in [2.75, 3.05) is 13.7 Å². The summed E-state index contributed by atoms with van der Waals surface area (Å²) in [6.45, 7) is 2.36. The average Bonchev–Trinajstić information content (AvgIpc) is 2.45. The molecule has 0 saturated carbocycles. The summed E-state index contributed by atoms with van der Waals surface area (Å²) >= 11 is 0. The highest BCUT2D eigenvalue weighted by atomic mass is 16.5. The van der Waals surface area contributed by atoms with Crippen LogP contribution in [-0.2, 0) is 4.79 Å². The van der Waals surface area contributed by atoms with E-state index in [-0.39, 0.29) is 11.8 Å². The zero-order valence-corrected chi connectivity index (χ0v) is 11.7. The van der Waals surface area contributed by atoms with E-state index in [1.165, 1.54) is 12.0 Å². The van der Waals surface area contributed by atoms with Crippen molar-refractivity contribution in [2.24, 2.45) is 5.92 Å². The molecule has 0 aromatic heterocycles. The number of amides is 1. The topological polar surface area (TPSA) is 66.8 Å². The Bertz CT molecular complexity index is 514. The molecular weight excluding hydrogens is 258 g/mol. The van der Waals surface area contributed by atoms with Gasteiger partial charge in [0.25, 0.3) is 5.91 Å². The number of methoxy groups -OCH3 is 1. The van der Waals surface area contributed by atoms with E-state index in [1.807, 2.05) is 6.92 Å². The number of benzene rings is 1. The number of aliphatic carboxylic acids is 1. The van der Waals surface area contributed by atoms with Gasteiger partial charge in [-0.2, -0.15) is 0 Å². The number of carboxylic acid groups (broad SMARTS) is 1. The Labute approximate surface area is 118 Å². The van der Waals surface area contributed by atoms with Crippen molar-refractivity contribution >= 4 is 11.9 Å². The normalized spacial score (nSPS) is 22.4. The predicted molar refractivity (Wildman–Crippen MR) is 73.9 cm³/mol. The lowest BCUT2D eigenvalue weighted by molar-refractivity contribution is -0.145. The molecule has 2 rings (SSSR count). The molecule has 5 nitrogen and oxygen atoms in total. The number of piperidine rings is 1. The van der Waals surface area contributed by atoms with E-state index in [2.05, 4.69) is 0 Å². The Morgan fingerprint density at radius 1 is 1.40 bits per heavy atom. The Hall–Kier alpha value is -2.04. The van der Waals surface area contributed by atoms with E-state index >= 15 is 0 Å². The van der Waals surface area contributed by atoms with Crippen LogP contribution in [0, 0.1) is 5.92 Å². The van der Waals surface area contributed by atoms with Crippen LogP contribution in [0.4, 0.5) is 0 Å². The van der Waals surface area contributed by atoms with Crippen LogP contribution in [0.3, 0.4) is 0 Å². The summed E-state index contributed by atoms with van der Waals surface area (Å²) < 4.78 is 5.10. The van der Waals surface area contributed by atoms with E-state index in [9.17, 15) is 14.7 Å². The standard InChI is InChI=1S/C15H19NO4/c1-10-5-4-8-16(13(10)15(18)19)14(17)11-6-3-7-12(9-11)20-2/h3,6-7,9-10,13H,4-5,8H2,1-2H3,(H,18,19). The number of hydrogen-bond acceptors (Lipinski definition) is 3. The molecule has 0 bridgehead atoms. The molecule has 1 heterocycles. The van der Waals surface area contributed by atoms with E-state index in [1.54, 1.807) is 24.3 Å². The fraction of sp³-hybridized carbons (Fsp3) is 0.467. The highest BCUT2D eigenvalue weighted by Crippen LogP contribution is 2.26. The second-order valence-corrected chi connectivity index (χ2v) is 5.13. The first kappa shape index (κ1) is 14.4. The van der Waals surface area contributed by atoms with Crippen LogP contribution < -0.4 is 4.74 Å². The van der Waals surface area contributed by atoms with Crippen molar-refractivity contribution in [3.05, 3.63) is 29.8 Å². The van der Waals surface area contributed by atoms with Gasteiger partial charge in [-0.15, -0.1) is 0 Å². The van der Waals surface area contributed by atoms with Gasteiger partial charge in [0.15, 0.2) is 0 Å². The summed E-state index contributed by atoms with van der Waals surface area (Å²) in [5, 5.41) is 9.36. The summed E-state index contributed by atoms with van der Waals surface area (Å²) in [6.07, 6.45) is 1.67. The first-order chi connectivity index (χ1) is 9.54. The molecule has 1 aromatic rings. The minimum Gasteiger partial charge on any atom is -0.497 e. The van der Waals surface area contributed by atoms with Gasteiger partial charge in [-0.25, -0.2) is 4.79 Å². The summed E-state index contributed by atoms with van der Waals surface area (Å²) in [5.41, 5.74) is 0.463. The zero-order valence-electron chi connectivity index (χ0n) is 11.7. The monoisotopic (exact) mass is 277 g/mol. The second kappa shape index (κ2) is 5.94. The number of likely N-dealkylation sites (tertiary alicyclic amines) is 1. The van der Waals surface area contributed by atoms with Crippen LogP contribution in [0.25, 0.3) is 0 Å². The first-order valence-corrected chi connectivity index (χ1v) is 6.72. The molecule has 0 spiro atoms. The fourth-order valence-electron chi connectivity index (χ4n) is 2.71. The molecule has 5 heteroatoms. The molecule has 2 unspecified atom stereocenters. The van der Waals surface area contributed by atoms with E-state index in [0.717, 1.165) is 12.8 Å². The molecule has 1 aromatic carbocycles. The van der Waals surface area contributed by atoms with E-state index in [0.29, 0.717) is 17.9 Å². The molecule has 1 aliphatic heterocycles. The number of carbonyl (C=O) groups is 2. The highest BCUT2D eigenvalue weighted by molar-refractivity contribution is 5.97. The quantitative estimate of drug-likeness (QED) is 0.918. The van der Waals surface area contributed by atoms with Crippen molar-refractivity contribution in [2.45, 2.75) is 25.8 Å². The highest BCUT2D eigenvalue weighted by Gasteiger charge is 2.37. The molecule has 1 fully saturated rings. The molecule has 1 aliphatic rings. The van der Waals surface area contributed by atoms with Gasteiger partial charge in [0, 0.05) is 12.1 Å². The third-order valence-electron chi connectivity index (χ3n) is 3.76. The van der Waals surface area contributed by atoms with Gasteiger partial charge in [-0.1, -0.05) is 13.0 Å². The second-order valence-electron chi connectivity index (χ2n) is 5.13. The molecule has 108 valence electrons. The Kier molecular flexibility index (Phi) is 4.27. The third kappa shape index (κ3) is 2.76. The van der Waals surface area contributed by atoms with Gasteiger partial charge < -0.3 is 14.7 Å². The van der Waals surface area contributed by atoms with Crippen LogP contribution in [0.2, 0.25) is 0 Å². The zero-order chi connectivity index (χ0) is 14.7. The predicted octanol–water partition coefficient (Wildman–Crippen LogP) is 2.02. The Morgan fingerprint density at radius 2 is 2.15 bits per heavy atom. The first-order valence-electron chi connectivity index (χ1n) is 6.72. The fourth-order valence-corrected chi connectivity index (χ4v) is 2.71. The third-order valence-corrected chi connectivity index (χ3v) is 3.76. The molecule has 1 saturated heterocycles. The number of nitrogens with zero attached hydrogens (tertiary/aromatic N) is 1. The minimum atomic E-state index is -0.937. The molecule has 0 radical (unpaired) electrons. The van der Waals surface area contributed by atoms with Gasteiger partial charge in [0.05, 0.1) is 7.11 Å². The lowest BCUT2D eigenvalue weighted by Crippen LogP contribution is -2.51. The molecular formula is C15H19NO4. The smallest absolute Gasteiger partial charge is 0.326 e. The molecule has 2 atom stereocenters. The van der Waals surface area contributed by atoms with Crippen molar-refractivity contribution in [1.29, 1.82) is 0 Å². The van der Waals surface area contributed by atoms with Gasteiger partial charge in [0.1, 0.15) is 11.8 Å². The van der Waals surface area contributed by atoms with Gasteiger partial charge in [0.2, 0.25) is 0 Å². The Morgan fingerprint density at radius 3 is 2.80 bits per heavy atom. The number of ether oxygens (including phenoxy) is 1. The number of carboxylic acids is 1. The molecule has 1 amide bonds. The van der Waals surface area contributed by atoms with Gasteiger partial charge >= 0.3 is 5.97 Å². The van der Waals surface area contributed by atoms with Gasteiger partial charge in [-0.05, 0) is 37.0 Å². The van der Waals surface area contributed by atoms with Gasteiger partial charge in [-0.3, -0.25) is 4.79 Å². The van der Waals surface area contributed by atoms with Crippen LogP contribution in [0.5, 0.6) is 5.75 Å². The maximum Gasteiger partial charge on any atom is 0.326 e. The van der Waals surface area contributed by atoms with Crippen LogP contribution in [-0.4, -0.2) is 41.6 Å². The lowest BCUT2D eigenvalue weighted by atomic mass is 9.90. The average molecular weight is 277 g/mol. The molecule has 0 aliphatic carbocycles. The van der Waals surface area contributed by atoms with E-state index < -0.39 is 12.0 Å². The van der Waals surface area contributed by atoms with Crippen molar-refractivity contribution < 1.29 is 19.4 Å². The van der Waals surface area contributed by atoms with Crippen molar-refractivity contribution in [1.82, 2.24) is 4.90 Å². The summed E-state index contributed by atoms with van der Waals surface area (Å²) in [5.74, 6) is -0.625. The van der Waals surface area contributed by atoms with Crippen molar-refractivity contribution in [3.63, 3.8) is 0 Å². The molecule has 1 N–H and O–H groups in total. The summed E-state index contributed by atoms with van der Waals surface area (Å²) in [7, 11) is 1.53. The lowest BCUT2D eigenvalue weighted by Gasteiger charge is -2.37. The number of rotatable bonds is 3. The minimum absolute atomic E-state index is 0.0317. The summed E-state index contributed by atoms with van der Waals surface area (Å²) in [6, 6.07) is 6.06. The largest absolute Gasteiger partial charge is 0.497 e. The Balaban J connectivity index is 2.27. The van der Waals surface area contributed by atoms with Crippen LogP contribution in [0.15, 0.2) is 24.3 Å². The molecule has 20 heavy (non-hydrogen) atoms. The SMILES string of the molecule is COc1cccc(C(=O)N2CCCC(C)C2C(=O)O)c1.